The summed E-state index contributed by atoms with van der Waals surface area (Å²) >= 11 is 0. The number of aromatic nitrogens is 2. The van der Waals surface area contributed by atoms with E-state index in [2.05, 4.69) is 14.9 Å². The molecule has 0 fully saturated rings. The molecule has 0 radical (unpaired) electrons. The second-order valence-corrected chi connectivity index (χ2v) is 6.17. The minimum absolute atomic E-state index is 0.351. The maximum atomic E-state index is 11.8. The Bertz CT molecular complexity index is 968. The smallest absolute Gasteiger partial charge is 0.337 e. The molecule has 25 heavy (non-hydrogen) atoms. The summed E-state index contributed by atoms with van der Waals surface area (Å²) in [4.78, 5) is 16.4. The molecule has 3 aromatic rings. The molecule has 128 valence electrons. The van der Waals surface area contributed by atoms with Crippen LogP contribution in [-0.2, 0) is 11.3 Å². The highest BCUT2D eigenvalue weighted by Gasteiger charge is 2.19. The number of para-hydroxylation sites is 1. The number of hydrogen-bond acceptors (Lipinski definition) is 5. The molecule has 1 N–H and O–H groups in total. The maximum absolute atomic E-state index is 11.8. The van der Waals surface area contributed by atoms with Gasteiger partial charge in [0, 0.05) is 13.1 Å². The van der Waals surface area contributed by atoms with Crippen molar-refractivity contribution >= 4 is 23.0 Å². The van der Waals surface area contributed by atoms with Crippen molar-refractivity contribution in [3.63, 3.8) is 0 Å². The van der Waals surface area contributed by atoms with Gasteiger partial charge >= 0.3 is 5.97 Å². The number of esters is 1. The van der Waals surface area contributed by atoms with Gasteiger partial charge in [0.15, 0.2) is 5.75 Å². The summed E-state index contributed by atoms with van der Waals surface area (Å²) in [5.41, 5.74) is 4.16. The summed E-state index contributed by atoms with van der Waals surface area (Å²) in [5, 5.41) is 3.27. The second-order valence-electron chi connectivity index (χ2n) is 6.17. The third-order valence-corrected chi connectivity index (χ3v) is 4.45. The minimum atomic E-state index is -0.351. The zero-order valence-corrected chi connectivity index (χ0v) is 14.4. The van der Waals surface area contributed by atoms with Crippen molar-refractivity contribution in [1.82, 2.24) is 9.55 Å². The van der Waals surface area contributed by atoms with Crippen LogP contribution in [0, 0.1) is 13.8 Å². The van der Waals surface area contributed by atoms with Crippen LogP contribution in [-0.4, -0.2) is 29.2 Å². The van der Waals surface area contributed by atoms with E-state index in [1.165, 1.54) is 7.11 Å². The van der Waals surface area contributed by atoms with Crippen LogP contribution in [0.2, 0.25) is 0 Å². The van der Waals surface area contributed by atoms with Crippen LogP contribution in [0.4, 0.5) is 5.95 Å². The van der Waals surface area contributed by atoms with E-state index < -0.39 is 0 Å². The fraction of sp³-hybridized carbons (Fsp3) is 0.263. The molecule has 0 amide bonds. The first kappa shape index (κ1) is 15.5. The van der Waals surface area contributed by atoms with Gasteiger partial charge in [-0.3, -0.25) is 0 Å². The summed E-state index contributed by atoms with van der Waals surface area (Å²) in [6.07, 6.45) is 0. The number of fused-ring (bicyclic) bond motifs is 3. The van der Waals surface area contributed by atoms with Gasteiger partial charge in [-0.05, 0) is 49.2 Å². The number of rotatable bonds is 3. The molecule has 1 aliphatic rings. The molecule has 0 atom stereocenters. The molecule has 1 aromatic heterocycles. The number of methoxy groups -OCH3 is 1. The van der Waals surface area contributed by atoms with Gasteiger partial charge in [0.1, 0.15) is 11.3 Å². The van der Waals surface area contributed by atoms with Gasteiger partial charge in [-0.1, -0.05) is 6.07 Å². The van der Waals surface area contributed by atoms with Crippen molar-refractivity contribution in [2.24, 2.45) is 0 Å². The lowest BCUT2D eigenvalue weighted by molar-refractivity contribution is 0.0600. The number of ether oxygens (including phenoxy) is 2. The van der Waals surface area contributed by atoms with Crippen LogP contribution >= 0.6 is 0 Å². The molecule has 0 unspecified atom stereocenters. The lowest BCUT2D eigenvalue weighted by Gasteiger charge is -2.13. The summed E-state index contributed by atoms with van der Waals surface area (Å²) in [6.45, 7) is 5.64. The highest BCUT2D eigenvalue weighted by atomic mass is 16.5. The Morgan fingerprint density at radius 1 is 1.24 bits per heavy atom. The molecule has 0 bridgehead atoms. The van der Waals surface area contributed by atoms with Crippen LogP contribution in [0.5, 0.6) is 11.5 Å². The van der Waals surface area contributed by atoms with Crippen LogP contribution in [0.15, 0.2) is 30.3 Å². The highest BCUT2D eigenvalue weighted by Crippen LogP contribution is 2.35. The summed E-state index contributed by atoms with van der Waals surface area (Å²) in [5.74, 6) is 1.97. The monoisotopic (exact) mass is 337 g/mol. The molecule has 1 aliphatic heterocycles. The number of imidazole rings is 1. The average molecular weight is 337 g/mol. The Kier molecular flexibility index (Phi) is 3.60. The van der Waals surface area contributed by atoms with E-state index in [0.29, 0.717) is 11.3 Å². The molecule has 0 saturated heterocycles. The predicted octanol–water partition coefficient (Wildman–Crippen LogP) is 3.66. The average Bonchev–Trinajstić information content (AvgIpc) is 3.19. The molecule has 0 aliphatic carbocycles. The molecule has 2 aromatic carbocycles. The Balaban J connectivity index is 1.76. The highest BCUT2D eigenvalue weighted by molar-refractivity contribution is 5.90. The Morgan fingerprint density at radius 3 is 2.72 bits per heavy atom. The normalized spacial score (nSPS) is 12.8. The lowest BCUT2D eigenvalue weighted by Crippen LogP contribution is -2.03. The van der Waals surface area contributed by atoms with Crippen LogP contribution in [0.3, 0.4) is 0 Å². The first-order chi connectivity index (χ1) is 12.1. The molecular formula is C19H19N3O3. The van der Waals surface area contributed by atoms with Crippen LogP contribution < -0.4 is 10.1 Å². The number of carbonyl (C=O) groups excluding carboxylic acids is 1. The number of anilines is 1. The van der Waals surface area contributed by atoms with E-state index in [4.69, 9.17) is 9.47 Å². The first-order valence-electron chi connectivity index (χ1n) is 8.19. The van der Waals surface area contributed by atoms with E-state index in [0.717, 1.165) is 46.9 Å². The molecular weight excluding hydrogens is 318 g/mol. The zero-order chi connectivity index (χ0) is 17.6. The largest absolute Gasteiger partial charge is 0.465 e. The fourth-order valence-corrected chi connectivity index (χ4v) is 3.30. The lowest BCUT2D eigenvalue weighted by atomic mass is 10.1. The van der Waals surface area contributed by atoms with Gasteiger partial charge < -0.3 is 19.4 Å². The van der Waals surface area contributed by atoms with Gasteiger partial charge in [-0.2, -0.15) is 0 Å². The van der Waals surface area contributed by atoms with Crippen molar-refractivity contribution in [2.45, 2.75) is 20.4 Å². The third kappa shape index (κ3) is 2.50. The van der Waals surface area contributed by atoms with Crippen LogP contribution in [0.1, 0.15) is 21.5 Å². The summed E-state index contributed by atoms with van der Waals surface area (Å²) < 4.78 is 13.2. The van der Waals surface area contributed by atoms with E-state index in [9.17, 15) is 4.79 Å². The quantitative estimate of drug-likeness (QED) is 0.739. The Morgan fingerprint density at radius 2 is 2.00 bits per heavy atom. The molecule has 0 saturated carbocycles. The van der Waals surface area contributed by atoms with E-state index in [-0.39, 0.29) is 5.97 Å². The van der Waals surface area contributed by atoms with Crippen molar-refractivity contribution in [2.75, 3.05) is 19.0 Å². The van der Waals surface area contributed by atoms with E-state index in [1.54, 1.807) is 12.1 Å². The van der Waals surface area contributed by atoms with Gasteiger partial charge in [0.2, 0.25) is 5.95 Å². The fourth-order valence-electron chi connectivity index (χ4n) is 3.30. The number of carbonyl (C=O) groups is 1. The third-order valence-electron chi connectivity index (χ3n) is 4.45. The molecule has 2 heterocycles. The standard InChI is InChI=1S/C19H19N3O3/c1-11-9-13(18(23)24-3)10-12(2)17(11)25-15-6-4-5-14-16(15)21-19-20-7-8-22(14)19/h4-6,9-10H,7-8H2,1-3H3,(H,20,21). The molecule has 0 spiro atoms. The number of benzene rings is 2. The zero-order valence-electron chi connectivity index (χ0n) is 14.4. The first-order valence-corrected chi connectivity index (χ1v) is 8.19. The topological polar surface area (TPSA) is 65.4 Å². The van der Waals surface area contributed by atoms with E-state index >= 15 is 0 Å². The molecule has 6 heteroatoms. The van der Waals surface area contributed by atoms with Crippen molar-refractivity contribution < 1.29 is 14.3 Å². The molecule has 6 nitrogen and oxygen atoms in total. The number of hydrogen-bond donors (Lipinski definition) is 1. The predicted molar refractivity (Wildman–Crippen MR) is 95.6 cm³/mol. The van der Waals surface area contributed by atoms with Gasteiger partial charge in [0.05, 0.1) is 18.2 Å². The SMILES string of the molecule is COC(=O)c1cc(C)c(Oc2cccc3c2nc2n3CCN2)c(C)c1. The van der Waals surface area contributed by atoms with Gasteiger partial charge in [-0.25, -0.2) is 9.78 Å². The summed E-state index contributed by atoms with van der Waals surface area (Å²) in [7, 11) is 1.38. The second kappa shape index (κ2) is 5.81. The van der Waals surface area contributed by atoms with Crippen LogP contribution in [0.25, 0.3) is 11.0 Å². The van der Waals surface area contributed by atoms with Gasteiger partial charge in [0.25, 0.3) is 0 Å². The van der Waals surface area contributed by atoms with E-state index in [1.807, 2.05) is 32.0 Å². The maximum Gasteiger partial charge on any atom is 0.337 e. The Hall–Kier alpha value is -3.02. The Labute approximate surface area is 145 Å². The minimum Gasteiger partial charge on any atom is -0.465 e. The molecule has 4 rings (SSSR count). The number of nitrogens with zero attached hydrogens (tertiary/aromatic N) is 2. The number of nitrogens with one attached hydrogen (secondary N) is 1. The number of aryl methyl sites for hydroxylation is 2. The summed E-state index contributed by atoms with van der Waals surface area (Å²) in [6, 6.07) is 9.49. The van der Waals surface area contributed by atoms with Crippen molar-refractivity contribution in [3.05, 3.63) is 47.0 Å². The van der Waals surface area contributed by atoms with Crippen molar-refractivity contribution in [1.29, 1.82) is 0 Å². The van der Waals surface area contributed by atoms with Crippen molar-refractivity contribution in [3.8, 4) is 11.5 Å². The van der Waals surface area contributed by atoms with Gasteiger partial charge in [-0.15, -0.1) is 0 Å².